The van der Waals surface area contributed by atoms with Gasteiger partial charge >= 0.3 is 0 Å². The normalized spacial score (nSPS) is 32.8. The second-order valence-electron chi connectivity index (χ2n) is 11.0. The molecule has 5 aliphatic rings. The molecule has 3 unspecified atom stereocenters. The lowest BCUT2D eigenvalue weighted by atomic mass is 9.73. The summed E-state index contributed by atoms with van der Waals surface area (Å²) in [6.45, 7) is 16.3. The van der Waals surface area contributed by atoms with Crippen LogP contribution in [0.15, 0.2) is 0 Å². The molecule has 30 heavy (non-hydrogen) atoms. The standard InChI is InChI=1S/C23H41N5O2/c1-18(26-8-5-23(6-9-26)16-30-17-23)21(19(2)28-12-7-25-20(29)13-28)27-10-3-22(4-11-27)14-24-15-22/h18-19,21,24H,3-17H2,1-2H3,(H,25,29). The summed E-state index contributed by atoms with van der Waals surface area (Å²) in [5, 5.41) is 6.50. The molecule has 7 nitrogen and oxygen atoms in total. The molecule has 0 aromatic heterocycles. The molecule has 5 fully saturated rings. The molecule has 0 aromatic rings. The SMILES string of the molecule is CC(C(C(C)N1CCNC(=O)C1)N1CCC2(CC1)CNC2)N1CCC2(CC1)COC2. The molecule has 5 heterocycles. The highest BCUT2D eigenvalue weighted by molar-refractivity contribution is 5.78. The summed E-state index contributed by atoms with van der Waals surface area (Å²) in [5.74, 6) is 0.183. The van der Waals surface area contributed by atoms with Crippen molar-refractivity contribution in [2.45, 2.75) is 57.7 Å². The lowest BCUT2D eigenvalue weighted by molar-refractivity contribution is -0.146. The molecular formula is C23H41N5O2. The van der Waals surface area contributed by atoms with Gasteiger partial charge in [0.25, 0.3) is 0 Å². The Morgan fingerprint density at radius 1 is 0.833 bits per heavy atom. The predicted octanol–water partition coefficient (Wildman–Crippen LogP) is 0.362. The Kier molecular flexibility index (Phi) is 5.86. The topological polar surface area (TPSA) is 60.1 Å². The maximum atomic E-state index is 12.1. The maximum Gasteiger partial charge on any atom is 0.234 e. The molecule has 0 saturated carbocycles. The molecule has 0 aromatic carbocycles. The number of nitrogens with zero attached hydrogens (tertiary/aromatic N) is 3. The first-order valence-electron chi connectivity index (χ1n) is 12.3. The van der Waals surface area contributed by atoms with Crippen molar-refractivity contribution in [2.75, 3.05) is 72.1 Å². The van der Waals surface area contributed by atoms with Gasteiger partial charge in [0.15, 0.2) is 0 Å². The quantitative estimate of drug-likeness (QED) is 0.671. The molecule has 7 heteroatoms. The van der Waals surface area contributed by atoms with Gasteiger partial charge in [0.05, 0.1) is 19.8 Å². The van der Waals surface area contributed by atoms with Crippen LogP contribution >= 0.6 is 0 Å². The van der Waals surface area contributed by atoms with Gasteiger partial charge in [0, 0.05) is 49.7 Å². The lowest BCUT2D eigenvalue weighted by Gasteiger charge is -2.55. The minimum absolute atomic E-state index is 0.183. The van der Waals surface area contributed by atoms with Crippen LogP contribution in [-0.2, 0) is 9.53 Å². The van der Waals surface area contributed by atoms with Gasteiger partial charge in [-0.05, 0) is 71.1 Å². The summed E-state index contributed by atoms with van der Waals surface area (Å²) in [6, 6.07) is 1.38. The van der Waals surface area contributed by atoms with E-state index in [9.17, 15) is 4.79 Å². The zero-order valence-electron chi connectivity index (χ0n) is 19.0. The minimum atomic E-state index is 0.183. The highest BCUT2D eigenvalue weighted by atomic mass is 16.5. The van der Waals surface area contributed by atoms with Crippen LogP contribution in [0.1, 0.15) is 39.5 Å². The van der Waals surface area contributed by atoms with E-state index in [4.69, 9.17) is 4.74 Å². The first-order valence-corrected chi connectivity index (χ1v) is 12.3. The number of nitrogens with one attached hydrogen (secondary N) is 2. The molecule has 5 rings (SSSR count). The summed E-state index contributed by atoms with van der Waals surface area (Å²) in [6.07, 6.45) is 5.19. The van der Waals surface area contributed by atoms with Crippen molar-refractivity contribution in [2.24, 2.45) is 10.8 Å². The number of piperidine rings is 2. The van der Waals surface area contributed by atoms with Gasteiger partial charge in [0.2, 0.25) is 5.91 Å². The zero-order valence-corrected chi connectivity index (χ0v) is 19.0. The van der Waals surface area contributed by atoms with Crippen LogP contribution in [0.2, 0.25) is 0 Å². The number of hydrogen-bond acceptors (Lipinski definition) is 6. The van der Waals surface area contributed by atoms with Crippen LogP contribution < -0.4 is 10.6 Å². The Bertz CT molecular complexity index is 615. The number of carbonyl (C=O) groups is 1. The monoisotopic (exact) mass is 419 g/mol. The van der Waals surface area contributed by atoms with Gasteiger partial charge in [0.1, 0.15) is 0 Å². The van der Waals surface area contributed by atoms with Crippen LogP contribution in [0, 0.1) is 10.8 Å². The number of carbonyl (C=O) groups excluding carboxylic acids is 1. The minimum Gasteiger partial charge on any atom is -0.380 e. The molecule has 5 aliphatic heterocycles. The summed E-state index contributed by atoms with van der Waals surface area (Å²) < 4.78 is 5.54. The Hall–Kier alpha value is -0.730. The van der Waals surface area contributed by atoms with Crippen LogP contribution in [0.25, 0.3) is 0 Å². The summed E-state index contributed by atoms with van der Waals surface area (Å²) in [4.78, 5) is 20.0. The average molecular weight is 420 g/mol. The third-order valence-corrected chi connectivity index (χ3v) is 9.16. The van der Waals surface area contributed by atoms with Gasteiger partial charge in [-0.25, -0.2) is 0 Å². The first kappa shape index (κ1) is 21.1. The van der Waals surface area contributed by atoms with Crippen molar-refractivity contribution in [1.29, 1.82) is 0 Å². The Morgan fingerprint density at radius 2 is 1.43 bits per heavy atom. The van der Waals surface area contributed by atoms with Crippen LogP contribution in [-0.4, -0.2) is 111 Å². The van der Waals surface area contributed by atoms with E-state index in [1.54, 1.807) is 0 Å². The van der Waals surface area contributed by atoms with E-state index >= 15 is 0 Å². The molecule has 2 N–H and O–H groups in total. The maximum absolute atomic E-state index is 12.1. The third-order valence-electron chi connectivity index (χ3n) is 9.16. The number of piperazine rings is 1. The van der Waals surface area contributed by atoms with Crippen molar-refractivity contribution < 1.29 is 9.53 Å². The molecule has 5 saturated heterocycles. The van der Waals surface area contributed by atoms with Crippen molar-refractivity contribution in [1.82, 2.24) is 25.3 Å². The molecule has 0 aliphatic carbocycles. The fraction of sp³-hybridized carbons (Fsp3) is 0.957. The number of ether oxygens (including phenoxy) is 1. The average Bonchev–Trinajstić information content (AvgIpc) is 2.72. The number of likely N-dealkylation sites (tertiary alicyclic amines) is 2. The van der Waals surface area contributed by atoms with Crippen molar-refractivity contribution in [3.05, 3.63) is 0 Å². The fourth-order valence-corrected chi connectivity index (χ4v) is 6.66. The predicted molar refractivity (Wildman–Crippen MR) is 117 cm³/mol. The highest BCUT2D eigenvalue weighted by Crippen LogP contribution is 2.40. The fourth-order valence-electron chi connectivity index (χ4n) is 6.66. The molecule has 0 radical (unpaired) electrons. The van der Waals surface area contributed by atoms with E-state index in [-0.39, 0.29) is 5.91 Å². The molecule has 170 valence electrons. The van der Waals surface area contributed by atoms with Crippen LogP contribution in [0.4, 0.5) is 0 Å². The summed E-state index contributed by atoms with van der Waals surface area (Å²) >= 11 is 0. The number of hydrogen-bond donors (Lipinski definition) is 2. The first-order chi connectivity index (χ1) is 14.5. The number of amides is 1. The van der Waals surface area contributed by atoms with Crippen molar-refractivity contribution in [3.63, 3.8) is 0 Å². The Labute approximate surface area is 181 Å². The van der Waals surface area contributed by atoms with Crippen LogP contribution in [0.5, 0.6) is 0 Å². The second-order valence-corrected chi connectivity index (χ2v) is 11.0. The highest BCUT2D eigenvalue weighted by Gasteiger charge is 2.46. The van der Waals surface area contributed by atoms with E-state index < -0.39 is 0 Å². The second kappa shape index (κ2) is 8.32. The van der Waals surface area contributed by atoms with Gasteiger partial charge in [-0.2, -0.15) is 0 Å². The van der Waals surface area contributed by atoms with Gasteiger partial charge < -0.3 is 15.4 Å². The van der Waals surface area contributed by atoms with E-state index in [0.29, 0.717) is 35.5 Å². The van der Waals surface area contributed by atoms with E-state index in [1.165, 1.54) is 65.0 Å². The Balaban J connectivity index is 1.29. The zero-order chi connectivity index (χ0) is 20.8. The lowest BCUT2D eigenvalue weighted by Crippen LogP contribution is -2.66. The van der Waals surface area contributed by atoms with Crippen LogP contribution in [0.3, 0.4) is 0 Å². The molecular weight excluding hydrogens is 378 g/mol. The van der Waals surface area contributed by atoms with E-state index in [2.05, 4.69) is 39.2 Å². The molecule has 1 amide bonds. The van der Waals surface area contributed by atoms with Gasteiger partial charge in [-0.3, -0.25) is 19.5 Å². The summed E-state index contributed by atoms with van der Waals surface area (Å²) in [5.41, 5.74) is 1.05. The smallest absolute Gasteiger partial charge is 0.234 e. The Morgan fingerprint density at radius 3 is 1.97 bits per heavy atom. The van der Waals surface area contributed by atoms with Crippen molar-refractivity contribution >= 4 is 5.91 Å². The van der Waals surface area contributed by atoms with E-state index in [1.807, 2.05) is 0 Å². The third kappa shape index (κ3) is 3.92. The van der Waals surface area contributed by atoms with Gasteiger partial charge in [-0.1, -0.05) is 0 Å². The van der Waals surface area contributed by atoms with Crippen molar-refractivity contribution in [3.8, 4) is 0 Å². The molecule has 0 bridgehead atoms. The van der Waals surface area contributed by atoms with Gasteiger partial charge in [-0.15, -0.1) is 0 Å². The van der Waals surface area contributed by atoms with E-state index in [0.717, 1.165) is 26.3 Å². The largest absolute Gasteiger partial charge is 0.380 e. The molecule has 2 spiro atoms. The molecule has 3 atom stereocenters. The number of rotatable bonds is 5. The summed E-state index contributed by atoms with van der Waals surface area (Å²) in [7, 11) is 0.